The highest BCUT2D eigenvalue weighted by molar-refractivity contribution is 8.13. The van der Waals surface area contributed by atoms with E-state index in [0.717, 1.165) is 23.1 Å². The summed E-state index contributed by atoms with van der Waals surface area (Å²) in [4.78, 5) is 0. The van der Waals surface area contributed by atoms with Crippen LogP contribution in [-0.2, 0) is 32.0 Å². The van der Waals surface area contributed by atoms with Crippen molar-refractivity contribution in [3.63, 3.8) is 0 Å². The number of hydrogen-bond acceptors (Lipinski definition) is 5. The van der Waals surface area contributed by atoms with E-state index in [0.29, 0.717) is 24.5 Å². The van der Waals surface area contributed by atoms with Gasteiger partial charge in [0.1, 0.15) is 0 Å². The predicted molar refractivity (Wildman–Crippen MR) is 115 cm³/mol. The van der Waals surface area contributed by atoms with Crippen LogP contribution in [0.2, 0.25) is 5.02 Å². The standard InChI is InChI=1S/C17H19ClN2O2S.CH3ClO2S/c1-23(21,22)20-12-14-10-15(18)7-8-17(14)19-11-16(20)9-13-5-3-2-4-6-13;1-5(2,3)4/h2-8,10,16,19H,9,11-12H2,1H3;1H3/t16-;/m1./s1. The highest BCUT2D eigenvalue weighted by Crippen LogP contribution is 2.28. The monoisotopic (exact) mass is 464 g/mol. The van der Waals surface area contributed by atoms with Gasteiger partial charge < -0.3 is 5.32 Å². The van der Waals surface area contributed by atoms with Crippen molar-refractivity contribution < 1.29 is 16.8 Å². The molecule has 0 radical (unpaired) electrons. The van der Waals surface area contributed by atoms with Gasteiger partial charge >= 0.3 is 0 Å². The second kappa shape index (κ2) is 9.45. The third-order valence-corrected chi connectivity index (χ3v) is 5.58. The van der Waals surface area contributed by atoms with Crippen molar-refractivity contribution in [1.29, 1.82) is 0 Å². The van der Waals surface area contributed by atoms with Gasteiger partial charge in [0.05, 0.1) is 12.5 Å². The van der Waals surface area contributed by atoms with Gasteiger partial charge in [-0.3, -0.25) is 0 Å². The van der Waals surface area contributed by atoms with Gasteiger partial charge in [-0.15, -0.1) is 0 Å². The van der Waals surface area contributed by atoms with Crippen LogP contribution in [0.25, 0.3) is 0 Å². The van der Waals surface area contributed by atoms with E-state index < -0.39 is 19.1 Å². The number of anilines is 1. The molecular weight excluding hydrogens is 443 g/mol. The van der Waals surface area contributed by atoms with Crippen molar-refractivity contribution in [2.75, 3.05) is 24.4 Å². The lowest BCUT2D eigenvalue weighted by atomic mass is 10.1. The fraction of sp³-hybridized carbons (Fsp3) is 0.333. The molecule has 10 heteroatoms. The van der Waals surface area contributed by atoms with Crippen molar-refractivity contribution in [3.05, 3.63) is 64.7 Å². The van der Waals surface area contributed by atoms with E-state index in [2.05, 4.69) is 16.0 Å². The van der Waals surface area contributed by atoms with Gasteiger partial charge in [0.2, 0.25) is 19.1 Å². The van der Waals surface area contributed by atoms with Crippen LogP contribution in [0.3, 0.4) is 0 Å². The zero-order valence-electron chi connectivity index (χ0n) is 15.5. The SMILES string of the molecule is CS(=O)(=O)Cl.CS(=O)(=O)N1Cc2cc(Cl)ccc2NC[C@H]1Cc1ccccc1. The molecule has 154 valence electrons. The number of nitrogens with zero attached hydrogens (tertiary/aromatic N) is 1. The molecule has 1 aliphatic rings. The summed E-state index contributed by atoms with van der Waals surface area (Å²) < 4.78 is 45.0. The molecule has 0 aliphatic carbocycles. The normalized spacial score (nSPS) is 17.5. The number of nitrogens with one attached hydrogen (secondary N) is 1. The first kappa shape index (κ1) is 23.0. The molecule has 1 N–H and O–H groups in total. The van der Waals surface area contributed by atoms with Crippen molar-refractivity contribution in [3.8, 4) is 0 Å². The molecule has 1 atom stereocenters. The van der Waals surface area contributed by atoms with Gasteiger partial charge in [-0.25, -0.2) is 16.8 Å². The van der Waals surface area contributed by atoms with Crippen LogP contribution in [0.15, 0.2) is 48.5 Å². The summed E-state index contributed by atoms with van der Waals surface area (Å²) in [6.45, 7) is 0.899. The van der Waals surface area contributed by atoms with Crippen molar-refractivity contribution >= 4 is 47.0 Å². The molecule has 6 nitrogen and oxygen atoms in total. The number of fused-ring (bicyclic) bond motifs is 1. The number of hydrogen-bond donors (Lipinski definition) is 1. The summed E-state index contributed by atoms with van der Waals surface area (Å²) in [5.74, 6) is 0. The number of rotatable bonds is 3. The second-order valence-corrected chi connectivity index (χ2v) is 11.9. The van der Waals surface area contributed by atoms with E-state index in [9.17, 15) is 16.8 Å². The Morgan fingerprint density at radius 1 is 1.07 bits per heavy atom. The zero-order chi connectivity index (χ0) is 20.9. The lowest BCUT2D eigenvalue weighted by molar-refractivity contribution is 0.328. The Bertz CT molecular complexity index is 1010. The summed E-state index contributed by atoms with van der Waals surface area (Å²) >= 11 is 6.06. The average molecular weight is 465 g/mol. The third kappa shape index (κ3) is 7.60. The minimum absolute atomic E-state index is 0.140. The zero-order valence-corrected chi connectivity index (χ0v) is 18.6. The second-order valence-electron chi connectivity index (χ2n) is 6.52. The largest absolute Gasteiger partial charge is 0.383 e. The van der Waals surface area contributed by atoms with E-state index in [4.69, 9.17) is 11.6 Å². The minimum Gasteiger partial charge on any atom is -0.383 e. The first-order valence-electron chi connectivity index (χ1n) is 8.36. The molecule has 0 fully saturated rings. The lowest BCUT2D eigenvalue weighted by Crippen LogP contribution is -2.42. The smallest absolute Gasteiger partial charge is 0.229 e. The Balaban J connectivity index is 0.000000500. The Morgan fingerprint density at radius 2 is 1.68 bits per heavy atom. The van der Waals surface area contributed by atoms with Gasteiger partial charge in [0.25, 0.3) is 0 Å². The maximum atomic E-state index is 12.3. The maximum Gasteiger partial charge on any atom is 0.229 e. The predicted octanol–water partition coefficient (Wildman–Crippen LogP) is 3.32. The Kier molecular flexibility index (Phi) is 7.75. The Labute approximate surface area is 175 Å². The topological polar surface area (TPSA) is 83.5 Å². The molecule has 0 saturated carbocycles. The fourth-order valence-corrected chi connectivity index (χ4v) is 4.20. The first-order valence-corrected chi connectivity index (χ1v) is 13.3. The molecule has 2 aromatic carbocycles. The molecule has 0 amide bonds. The highest BCUT2D eigenvalue weighted by Gasteiger charge is 2.30. The highest BCUT2D eigenvalue weighted by atomic mass is 35.7. The third-order valence-electron chi connectivity index (χ3n) is 4.07. The molecular formula is C18H22Cl2N2O4S2. The van der Waals surface area contributed by atoms with Gasteiger partial charge in [0.15, 0.2) is 0 Å². The van der Waals surface area contributed by atoms with Crippen LogP contribution < -0.4 is 5.32 Å². The van der Waals surface area contributed by atoms with Gasteiger partial charge in [-0.05, 0) is 35.7 Å². The van der Waals surface area contributed by atoms with E-state index in [1.807, 2.05) is 48.5 Å². The van der Waals surface area contributed by atoms with Crippen LogP contribution in [-0.4, -0.2) is 46.2 Å². The molecule has 28 heavy (non-hydrogen) atoms. The molecule has 3 rings (SSSR count). The fourth-order valence-electron chi connectivity index (χ4n) is 2.94. The molecule has 0 saturated heterocycles. The van der Waals surface area contributed by atoms with Crippen molar-refractivity contribution in [2.24, 2.45) is 0 Å². The van der Waals surface area contributed by atoms with E-state index in [1.54, 1.807) is 4.31 Å². The summed E-state index contributed by atoms with van der Waals surface area (Å²) in [6, 6.07) is 15.4. The van der Waals surface area contributed by atoms with Crippen LogP contribution in [0.1, 0.15) is 11.1 Å². The minimum atomic E-state index is -3.32. The molecule has 0 unspecified atom stereocenters. The van der Waals surface area contributed by atoms with E-state index >= 15 is 0 Å². The number of benzene rings is 2. The Hall–Kier alpha value is -1.32. The molecule has 1 aliphatic heterocycles. The van der Waals surface area contributed by atoms with E-state index in [-0.39, 0.29) is 6.04 Å². The molecule has 0 bridgehead atoms. The molecule has 0 aromatic heterocycles. The number of halogens is 2. The summed E-state index contributed by atoms with van der Waals surface area (Å²) in [5.41, 5.74) is 2.97. The average Bonchev–Trinajstić information content (AvgIpc) is 2.73. The quantitative estimate of drug-likeness (QED) is 0.704. The van der Waals surface area contributed by atoms with Gasteiger partial charge in [0, 0.05) is 40.5 Å². The van der Waals surface area contributed by atoms with Crippen molar-refractivity contribution in [2.45, 2.75) is 19.0 Å². The van der Waals surface area contributed by atoms with Crippen molar-refractivity contribution in [1.82, 2.24) is 4.31 Å². The summed E-state index contributed by atoms with van der Waals surface area (Å²) in [7, 11) is -2.02. The van der Waals surface area contributed by atoms with Gasteiger partial charge in [-0.1, -0.05) is 41.9 Å². The maximum absolute atomic E-state index is 12.3. The molecule has 1 heterocycles. The molecule has 2 aromatic rings. The van der Waals surface area contributed by atoms with E-state index in [1.165, 1.54) is 6.26 Å². The summed E-state index contributed by atoms with van der Waals surface area (Å²) in [5, 5.41) is 3.97. The first-order chi connectivity index (χ1) is 12.9. The van der Waals surface area contributed by atoms with Crippen LogP contribution in [0.5, 0.6) is 0 Å². The number of sulfonamides is 1. The molecule has 0 spiro atoms. The summed E-state index contributed by atoms with van der Waals surface area (Å²) in [6.07, 6.45) is 2.86. The van der Waals surface area contributed by atoms with Crippen LogP contribution in [0.4, 0.5) is 5.69 Å². The van der Waals surface area contributed by atoms with Crippen LogP contribution >= 0.6 is 22.3 Å². The lowest BCUT2D eigenvalue weighted by Gasteiger charge is -2.27. The Morgan fingerprint density at radius 3 is 2.25 bits per heavy atom. The van der Waals surface area contributed by atoms with Gasteiger partial charge in [-0.2, -0.15) is 4.31 Å². The van der Waals surface area contributed by atoms with Crippen LogP contribution in [0, 0.1) is 0 Å².